The van der Waals surface area contributed by atoms with E-state index in [4.69, 9.17) is 0 Å². The summed E-state index contributed by atoms with van der Waals surface area (Å²) in [6.45, 7) is 1.49. The minimum absolute atomic E-state index is 0.101. The zero-order chi connectivity index (χ0) is 20.5. The highest BCUT2D eigenvalue weighted by Crippen LogP contribution is 2.26. The maximum absolute atomic E-state index is 11.3. The third kappa shape index (κ3) is 3.33. The molecule has 0 saturated heterocycles. The summed E-state index contributed by atoms with van der Waals surface area (Å²) in [7, 11) is 0. The van der Waals surface area contributed by atoms with Crippen LogP contribution in [0.5, 0.6) is 0 Å². The summed E-state index contributed by atoms with van der Waals surface area (Å²) in [5.41, 5.74) is 6.26. The van der Waals surface area contributed by atoms with Crippen LogP contribution in [-0.2, 0) is 4.79 Å². The first-order valence-electron chi connectivity index (χ1n) is 9.50. The minimum atomic E-state index is -0.101. The molecule has 0 fully saturated rings. The molecule has 3 aromatic heterocycles. The second kappa shape index (κ2) is 7.29. The fourth-order valence-electron chi connectivity index (χ4n) is 3.44. The van der Waals surface area contributed by atoms with E-state index in [-0.39, 0.29) is 5.91 Å². The highest BCUT2D eigenvalue weighted by molar-refractivity contribution is 5.89. The fraction of sp³-hybridized carbons (Fsp3) is 0.0435. The van der Waals surface area contributed by atoms with Crippen molar-refractivity contribution >= 4 is 17.2 Å². The van der Waals surface area contributed by atoms with E-state index in [0.717, 1.165) is 39.4 Å². The van der Waals surface area contributed by atoms with Gasteiger partial charge in [0.05, 0.1) is 23.8 Å². The van der Waals surface area contributed by atoms with Crippen molar-refractivity contribution in [2.75, 3.05) is 5.32 Å². The summed E-state index contributed by atoms with van der Waals surface area (Å²) in [6, 6.07) is 19.6. The number of amides is 1. The molecular formula is C23H18N6O. The van der Waals surface area contributed by atoms with E-state index in [1.807, 2.05) is 82.4 Å². The number of carbonyl (C=O) groups excluding carboxylic acids is 1. The minimum Gasteiger partial charge on any atom is -0.326 e. The monoisotopic (exact) mass is 394 g/mol. The number of fused-ring (bicyclic) bond motifs is 1. The van der Waals surface area contributed by atoms with E-state index in [9.17, 15) is 4.79 Å². The predicted molar refractivity (Wildman–Crippen MR) is 115 cm³/mol. The summed E-state index contributed by atoms with van der Waals surface area (Å²) in [5.74, 6) is -0.101. The maximum Gasteiger partial charge on any atom is 0.221 e. The van der Waals surface area contributed by atoms with Gasteiger partial charge in [-0.2, -0.15) is 10.2 Å². The van der Waals surface area contributed by atoms with Gasteiger partial charge in [-0.1, -0.05) is 24.3 Å². The van der Waals surface area contributed by atoms with Crippen LogP contribution in [0.3, 0.4) is 0 Å². The van der Waals surface area contributed by atoms with Gasteiger partial charge in [0.15, 0.2) is 5.65 Å². The lowest BCUT2D eigenvalue weighted by Crippen LogP contribution is -2.05. The normalized spacial score (nSPS) is 11.0. The standard InChI is InChI=1S/C23H18N6O/c1-16(30)27-20-7-2-5-17(11-20)19-13-23-24-15-22(29(23)26-14-19)18-6-3-8-21(12-18)28-10-4-9-25-28/h2-15H,1H3,(H,27,30). The number of hydrogen-bond acceptors (Lipinski definition) is 4. The third-order valence-electron chi connectivity index (χ3n) is 4.79. The molecule has 1 N–H and O–H groups in total. The zero-order valence-electron chi connectivity index (χ0n) is 16.2. The van der Waals surface area contributed by atoms with Crippen molar-refractivity contribution in [2.24, 2.45) is 0 Å². The number of aromatic nitrogens is 5. The van der Waals surface area contributed by atoms with Gasteiger partial charge in [-0.3, -0.25) is 4.79 Å². The van der Waals surface area contributed by atoms with Gasteiger partial charge in [0, 0.05) is 36.1 Å². The molecule has 0 spiro atoms. The lowest BCUT2D eigenvalue weighted by atomic mass is 10.1. The number of anilines is 1. The van der Waals surface area contributed by atoms with E-state index in [1.165, 1.54) is 6.92 Å². The maximum atomic E-state index is 11.3. The molecule has 0 unspecified atom stereocenters. The van der Waals surface area contributed by atoms with Crippen LogP contribution < -0.4 is 5.32 Å². The van der Waals surface area contributed by atoms with Crippen LogP contribution in [0.25, 0.3) is 33.7 Å². The Hall–Kier alpha value is -4.26. The summed E-state index contributed by atoms with van der Waals surface area (Å²) >= 11 is 0. The molecular weight excluding hydrogens is 376 g/mol. The van der Waals surface area contributed by atoms with E-state index < -0.39 is 0 Å². The fourth-order valence-corrected chi connectivity index (χ4v) is 3.44. The Labute approximate surface area is 172 Å². The summed E-state index contributed by atoms with van der Waals surface area (Å²) in [4.78, 5) is 15.9. The van der Waals surface area contributed by atoms with E-state index in [2.05, 4.69) is 26.6 Å². The van der Waals surface area contributed by atoms with Gasteiger partial charge >= 0.3 is 0 Å². The highest BCUT2D eigenvalue weighted by Gasteiger charge is 2.10. The summed E-state index contributed by atoms with van der Waals surface area (Å²) in [6.07, 6.45) is 7.29. The first-order valence-corrected chi connectivity index (χ1v) is 9.50. The molecule has 30 heavy (non-hydrogen) atoms. The Morgan fingerprint density at radius 2 is 1.77 bits per heavy atom. The lowest BCUT2D eigenvalue weighted by molar-refractivity contribution is -0.114. The Bertz CT molecular complexity index is 1350. The number of benzene rings is 2. The first kappa shape index (κ1) is 17.8. The Kier molecular flexibility index (Phi) is 4.33. The molecule has 0 aliphatic heterocycles. The molecule has 3 heterocycles. The lowest BCUT2D eigenvalue weighted by Gasteiger charge is -2.07. The van der Waals surface area contributed by atoms with Crippen LogP contribution in [0, 0.1) is 0 Å². The van der Waals surface area contributed by atoms with Gasteiger partial charge in [-0.05, 0) is 42.0 Å². The molecule has 0 aliphatic carbocycles. The van der Waals surface area contributed by atoms with Crippen molar-refractivity contribution in [3.63, 3.8) is 0 Å². The van der Waals surface area contributed by atoms with Gasteiger partial charge in [0.25, 0.3) is 0 Å². The van der Waals surface area contributed by atoms with Gasteiger partial charge in [-0.25, -0.2) is 14.2 Å². The molecule has 1 amide bonds. The van der Waals surface area contributed by atoms with Crippen molar-refractivity contribution in [3.8, 4) is 28.1 Å². The first-order chi connectivity index (χ1) is 14.7. The topological polar surface area (TPSA) is 77.1 Å². The molecule has 5 aromatic rings. The highest BCUT2D eigenvalue weighted by atomic mass is 16.1. The van der Waals surface area contributed by atoms with Crippen molar-refractivity contribution in [2.45, 2.75) is 6.92 Å². The van der Waals surface area contributed by atoms with Crippen LogP contribution in [0.1, 0.15) is 6.92 Å². The number of rotatable bonds is 4. The quantitative estimate of drug-likeness (QED) is 0.495. The molecule has 7 heteroatoms. The van der Waals surface area contributed by atoms with Gasteiger partial charge in [0.1, 0.15) is 0 Å². The predicted octanol–water partition coefficient (Wildman–Crippen LogP) is 4.21. The second-order valence-corrected chi connectivity index (χ2v) is 6.92. The Morgan fingerprint density at radius 3 is 2.60 bits per heavy atom. The molecule has 0 saturated carbocycles. The Balaban J connectivity index is 1.52. The second-order valence-electron chi connectivity index (χ2n) is 6.92. The average molecular weight is 394 g/mol. The summed E-state index contributed by atoms with van der Waals surface area (Å²) < 4.78 is 3.64. The van der Waals surface area contributed by atoms with Crippen molar-refractivity contribution in [1.29, 1.82) is 0 Å². The van der Waals surface area contributed by atoms with Gasteiger partial charge in [0.2, 0.25) is 5.91 Å². The molecule has 0 atom stereocenters. The third-order valence-corrected chi connectivity index (χ3v) is 4.79. The molecule has 7 nitrogen and oxygen atoms in total. The smallest absolute Gasteiger partial charge is 0.221 e. The van der Waals surface area contributed by atoms with Gasteiger partial charge < -0.3 is 5.32 Å². The Morgan fingerprint density at radius 1 is 0.900 bits per heavy atom. The van der Waals surface area contributed by atoms with Crippen LogP contribution in [-0.4, -0.2) is 30.3 Å². The molecule has 2 aromatic carbocycles. The van der Waals surface area contributed by atoms with E-state index in [0.29, 0.717) is 0 Å². The SMILES string of the molecule is CC(=O)Nc1cccc(-c2cnn3c(-c4cccc(-n5cccn5)c4)cnc3c2)c1. The van der Waals surface area contributed by atoms with Gasteiger partial charge in [-0.15, -0.1) is 0 Å². The largest absolute Gasteiger partial charge is 0.326 e. The van der Waals surface area contributed by atoms with Crippen molar-refractivity contribution < 1.29 is 4.79 Å². The van der Waals surface area contributed by atoms with E-state index in [1.54, 1.807) is 6.20 Å². The molecule has 0 bridgehead atoms. The molecule has 0 aliphatic rings. The van der Waals surface area contributed by atoms with Crippen molar-refractivity contribution in [3.05, 3.63) is 85.5 Å². The number of imidazole rings is 1. The van der Waals surface area contributed by atoms with Crippen LogP contribution >= 0.6 is 0 Å². The number of nitrogens with zero attached hydrogens (tertiary/aromatic N) is 5. The summed E-state index contributed by atoms with van der Waals surface area (Å²) in [5, 5.41) is 11.7. The van der Waals surface area contributed by atoms with Crippen LogP contribution in [0.15, 0.2) is 85.5 Å². The number of nitrogens with one attached hydrogen (secondary N) is 1. The molecule has 0 radical (unpaired) electrons. The van der Waals surface area contributed by atoms with Crippen molar-refractivity contribution in [1.82, 2.24) is 24.4 Å². The average Bonchev–Trinajstić information content (AvgIpc) is 3.43. The van der Waals surface area contributed by atoms with Crippen LogP contribution in [0.4, 0.5) is 5.69 Å². The van der Waals surface area contributed by atoms with E-state index >= 15 is 0 Å². The number of hydrogen-bond donors (Lipinski definition) is 1. The molecule has 5 rings (SSSR count). The molecule has 146 valence electrons. The van der Waals surface area contributed by atoms with Crippen LogP contribution in [0.2, 0.25) is 0 Å². The zero-order valence-corrected chi connectivity index (χ0v) is 16.2. The number of carbonyl (C=O) groups is 1.